The van der Waals surface area contributed by atoms with Gasteiger partial charge < -0.3 is 19.3 Å². The van der Waals surface area contributed by atoms with Crippen molar-refractivity contribution in [3.63, 3.8) is 0 Å². The maximum Gasteiger partial charge on any atom is 0.185 e. The smallest absolute Gasteiger partial charge is 0.185 e. The molecule has 4 rings (SSSR count). The molecule has 1 fully saturated rings. The molecule has 1 N–H and O–H groups in total. The van der Waals surface area contributed by atoms with E-state index in [0.717, 1.165) is 48.4 Å². The third-order valence-electron chi connectivity index (χ3n) is 6.08. The number of nitrogens with zero attached hydrogens (tertiary/aromatic N) is 3. The zero-order valence-electron chi connectivity index (χ0n) is 18.8. The molecule has 6 nitrogen and oxygen atoms in total. The van der Waals surface area contributed by atoms with Gasteiger partial charge in [0.2, 0.25) is 0 Å². The van der Waals surface area contributed by atoms with Crippen LogP contribution in [0.15, 0.2) is 60.8 Å². The first-order chi connectivity index (χ1) is 15.5. The first-order valence-corrected chi connectivity index (χ1v) is 11.1. The van der Waals surface area contributed by atoms with Crippen molar-refractivity contribution < 1.29 is 14.6 Å². The SMILES string of the molecule is COc1ccc(C(=O)/C=C/c2cn(C[C@H](O)CN3CCN(C)CC3)c3ccccc23)cc1. The molecule has 0 unspecified atom stereocenters. The molecule has 1 aliphatic rings. The van der Waals surface area contributed by atoms with Gasteiger partial charge in [-0.2, -0.15) is 0 Å². The van der Waals surface area contributed by atoms with Gasteiger partial charge in [0.15, 0.2) is 5.78 Å². The van der Waals surface area contributed by atoms with Crippen molar-refractivity contribution in [3.8, 4) is 5.75 Å². The van der Waals surface area contributed by atoms with Crippen molar-refractivity contribution in [2.45, 2.75) is 12.6 Å². The van der Waals surface area contributed by atoms with E-state index in [-0.39, 0.29) is 5.78 Å². The molecule has 1 saturated heterocycles. The number of aliphatic hydroxyl groups is 1. The number of hydrogen-bond donors (Lipinski definition) is 1. The summed E-state index contributed by atoms with van der Waals surface area (Å²) in [6.45, 7) is 5.24. The lowest BCUT2D eigenvalue weighted by Gasteiger charge is -2.33. The first-order valence-electron chi connectivity index (χ1n) is 11.1. The quantitative estimate of drug-likeness (QED) is 0.437. The van der Waals surface area contributed by atoms with E-state index in [2.05, 4.69) is 33.5 Å². The van der Waals surface area contributed by atoms with Crippen molar-refractivity contribution in [2.75, 3.05) is 46.9 Å². The minimum absolute atomic E-state index is 0.0559. The van der Waals surface area contributed by atoms with E-state index in [9.17, 15) is 9.90 Å². The van der Waals surface area contributed by atoms with Crippen LogP contribution in [-0.4, -0.2) is 78.2 Å². The zero-order valence-corrected chi connectivity index (χ0v) is 18.8. The topological polar surface area (TPSA) is 57.9 Å². The van der Waals surface area contributed by atoms with Gasteiger partial charge in [0.25, 0.3) is 0 Å². The molecule has 2 aromatic carbocycles. The number of likely N-dealkylation sites (N-methyl/N-ethyl adjacent to an activating group) is 1. The van der Waals surface area contributed by atoms with Gasteiger partial charge >= 0.3 is 0 Å². The van der Waals surface area contributed by atoms with Crippen LogP contribution in [0.5, 0.6) is 5.75 Å². The Morgan fingerprint density at radius 2 is 1.78 bits per heavy atom. The summed E-state index contributed by atoms with van der Waals surface area (Å²) >= 11 is 0. The Kier molecular flexibility index (Phi) is 7.05. The van der Waals surface area contributed by atoms with Gasteiger partial charge in [-0.05, 0) is 49.5 Å². The average molecular weight is 434 g/mol. The van der Waals surface area contributed by atoms with E-state index in [1.165, 1.54) is 0 Å². The molecule has 1 aliphatic heterocycles. The average Bonchev–Trinajstić information content (AvgIpc) is 3.16. The molecule has 0 bridgehead atoms. The maximum absolute atomic E-state index is 12.6. The fourth-order valence-corrected chi connectivity index (χ4v) is 4.19. The molecule has 168 valence electrons. The number of aromatic nitrogens is 1. The highest BCUT2D eigenvalue weighted by Crippen LogP contribution is 2.23. The van der Waals surface area contributed by atoms with Crippen molar-refractivity contribution >= 4 is 22.8 Å². The normalized spacial score (nSPS) is 16.6. The van der Waals surface area contributed by atoms with Gasteiger partial charge in [-0.25, -0.2) is 0 Å². The summed E-state index contributed by atoms with van der Waals surface area (Å²) in [4.78, 5) is 17.2. The predicted molar refractivity (Wildman–Crippen MR) is 128 cm³/mol. The van der Waals surface area contributed by atoms with E-state index in [4.69, 9.17) is 4.74 Å². The number of carbonyl (C=O) groups excluding carboxylic acids is 1. The summed E-state index contributed by atoms with van der Waals surface area (Å²) in [7, 11) is 3.74. The number of carbonyl (C=O) groups is 1. The van der Waals surface area contributed by atoms with Gasteiger partial charge in [-0.15, -0.1) is 0 Å². The molecule has 1 atom stereocenters. The van der Waals surface area contributed by atoms with E-state index >= 15 is 0 Å². The summed E-state index contributed by atoms with van der Waals surface area (Å²) in [5.41, 5.74) is 2.64. The van der Waals surface area contributed by atoms with E-state index in [0.29, 0.717) is 18.7 Å². The predicted octanol–water partition coefficient (Wildman–Crippen LogP) is 3.15. The number of hydrogen-bond acceptors (Lipinski definition) is 5. The third kappa shape index (κ3) is 5.27. The van der Waals surface area contributed by atoms with Crippen LogP contribution in [0.25, 0.3) is 17.0 Å². The van der Waals surface area contributed by atoms with Gasteiger partial charge in [-0.3, -0.25) is 9.69 Å². The second kappa shape index (κ2) is 10.1. The van der Waals surface area contributed by atoms with Gasteiger partial charge in [-0.1, -0.05) is 18.2 Å². The van der Waals surface area contributed by atoms with Crippen LogP contribution in [0.4, 0.5) is 0 Å². The molecule has 0 radical (unpaired) electrons. The Labute approximate surface area is 189 Å². The van der Waals surface area contributed by atoms with Crippen molar-refractivity contribution in [3.05, 3.63) is 71.9 Å². The largest absolute Gasteiger partial charge is 0.497 e. The molecule has 0 amide bonds. The van der Waals surface area contributed by atoms with Gasteiger partial charge in [0.05, 0.1) is 13.2 Å². The molecular weight excluding hydrogens is 402 g/mol. The van der Waals surface area contributed by atoms with Crippen LogP contribution in [0.2, 0.25) is 0 Å². The van der Waals surface area contributed by atoms with Crippen LogP contribution in [0.3, 0.4) is 0 Å². The highest BCUT2D eigenvalue weighted by molar-refractivity contribution is 6.07. The first kappa shape index (κ1) is 22.3. The summed E-state index contributed by atoms with van der Waals surface area (Å²) in [5, 5.41) is 11.8. The van der Waals surface area contributed by atoms with Crippen LogP contribution < -0.4 is 4.74 Å². The Morgan fingerprint density at radius 3 is 2.50 bits per heavy atom. The van der Waals surface area contributed by atoms with E-state index in [1.807, 2.05) is 24.4 Å². The number of ether oxygens (including phenoxy) is 1. The second-order valence-corrected chi connectivity index (χ2v) is 8.44. The highest BCUT2D eigenvalue weighted by atomic mass is 16.5. The van der Waals surface area contributed by atoms with Crippen LogP contribution in [-0.2, 0) is 6.54 Å². The van der Waals surface area contributed by atoms with Crippen molar-refractivity contribution in [1.29, 1.82) is 0 Å². The van der Waals surface area contributed by atoms with E-state index in [1.54, 1.807) is 37.5 Å². The number of allylic oxidation sites excluding steroid dienone is 1. The Morgan fingerprint density at radius 1 is 1.06 bits per heavy atom. The number of ketones is 1. The number of benzene rings is 2. The number of β-amino-alcohol motifs (C(OH)–C–C–N with tert-alkyl or cyclic N) is 1. The van der Waals surface area contributed by atoms with Crippen LogP contribution in [0.1, 0.15) is 15.9 Å². The lowest BCUT2D eigenvalue weighted by molar-refractivity contribution is 0.0717. The number of rotatable bonds is 8. The van der Waals surface area contributed by atoms with Crippen molar-refractivity contribution in [1.82, 2.24) is 14.4 Å². The molecular formula is C26H31N3O3. The third-order valence-corrected chi connectivity index (χ3v) is 6.08. The Bertz CT molecular complexity index is 1080. The molecule has 3 aromatic rings. The summed E-state index contributed by atoms with van der Waals surface area (Å²) in [6, 6.07) is 15.2. The molecule has 2 heterocycles. The minimum Gasteiger partial charge on any atom is -0.497 e. The fraction of sp³-hybridized carbons (Fsp3) is 0.346. The monoisotopic (exact) mass is 433 g/mol. The standard InChI is InChI=1S/C26H31N3O3/c1-27-13-15-28(16-14-27)18-22(30)19-29-17-21(24-5-3-4-6-25(24)29)9-12-26(31)20-7-10-23(32-2)11-8-20/h3-12,17,22,30H,13-16,18-19H2,1-2H3/b12-9+/t22-/m1/s1. The molecule has 0 aliphatic carbocycles. The van der Waals surface area contributed by atoms with Crippen LogP contribution in [0, 0.1) is 0 Å². The Balaban J connectivity index is 1.48. The number of methoxy groups -OCH3 is 1. The summed E-state index contributed by atoms with van der Waals surface area (Å²) in [6.07, 6.45) is 5.04. The van der Waals surface area contributed by atoms with Gasteiger partial charge in [0.1, 0.15) is 5.75 Å². The Hall–Kier alpha value is -2.93. The molecule has 32 heavy (non-hydrogen) atoms. The lowest BCUT2D eigenvalue weighted by atomic mass is 10.1. The fourth-order valence-electron chi connectivity index (χ4n) is 4.19. The van der Waals surface area contributed by atoms with Gasteiger partial charge in [0, 0.05) is 67.5 Å². The number of para-hydroxylation sites is 1. The molecule has 1 aromatic heterocycles. The summed E-state index contributed by atoms with van der Waals surface area (Å²) < 4.78 is 7.25. The molecule has 0 spiro atoms. The second-order valence-electron chi connectivity index (χ2n) is 8.44. The maximum atomic E-state index is 12.6. The van der Waals surface area contributed by atoms with E-state index < -0.39 is 6.10 Å². The zero-order chi connectivity index (χ0) is 22.5. The molecule has 6 heteroatoms. The number of piperazine rings is 1. The number of aliphatic hydroxyl groups excluding tert-OH is 1. The van der Waals surface area contributed by atoms with Crippen molar-refractivity contribution in [2.24, 2.45) is 0 Å². The van der Waals surface area contributed by atoms with Crippen LogP contribution >= 0.6 is 0 Å². The highest BCUT2D eigenvalue weighted by Gasteiger charge is 2.18. The number of fused-ring (bicyclic) bond motifs is 1. The summed E-state index contributed by atoms with van der Waals surface area (Å²) in [5.74, 6) is 0.670. The molecule has 0 saturated carbocycles. The minimum atomic E-state index is -0.452. The lowest BCUT2D eigenvalue weighted by Crippen LogP contribution is -2.47.